The third-order valence-corrected chi connectivity index (χ3v) is 6.11. The summed E-state index contributed by atoms with van der Waals surface area (Å²) in [5, 5.41) is 0. The molecule has 2 aliphatic heterocycles. The van der Waals surface area contributed by atoms with Gasteiger partial charge in [0.05, 0.1) is 6.54 Å². The predicted octanol–water partition coefficient (Wildman–Crippen LogP) is 3.35. The molecule has 1 saturated heterocycles. The topological polar surface area (TPSA) is 23.6 Å². The maximum Gasteiger partial charge on any atom is 0.176 e. The van der Waals surface area contributed by atoms with E-state index in [2.05, 4.69) is 41.1 Å². The van der Waals surface area contributed by atoms with Crippen LogP contribution in [0.1, 0.15) is 34.3 Å². The molecule has 0 aliphatic carbocycles. The van der Waals surface area contributed by atoms with Gasteiger partial charge in [0.25, 0.3) is 0 Å². The lowest BCUT2D eigenvalue weighted by atomic mass is 9.74. The summed E-state index contributed by atoms with van der Waals surface area (Å²) in [6.45, 7) is 3.62. The monoisotopic (exact) mass is 334 g/mol. The zero-order valence-corrected chi connectivity index (χ0v) is 14.9. The minimum Gasteiger partial charge on any atom is -0.296 e. The van der Waals surface area contributed by atoms with Crippen molar-refractivity contribution in [1.82, 2.24) is 9.80 Å². The Bertz CT molecular complexity index is 748. The van der Waals surface area contributed by atoms with Crippen molar-refractivity contribution in [3.8, 4) is 0 Å². The highest BCUT2D eigenvalue weighted by molar-refractivity contribution is 5.97. The van der Waals surface area contributed by atoms with Crippen LogP contribution in [-0.4, -0.2) is 48.8 Å². The molecule has 130 valence electrons. The van der Waals surface area contributed by atoms with Crippen LogP contribution in [0.5, 0.6) is 0 Å². The van der Waals surface area contributed by atoms with Gasteiger partial charge in [-0.15, -0.1) is 0 Å². The summed E-state index contributed by atoms with van der Waals surface area (Å²) in [5.41, 5.74) is 4.00. The first-order valence-corrected chi connectivity index (χ1v) is 9.29. The summed E-state index contributed by atoms with van der Waals surface area (Å²) in [4.78, 5) is 17.4. The van der Waals surface area contributed by atoms with E-state index in [9.17, 15) is 4.79 Å². The Morgan fingerprint density at radius 1 is 0.960 bits per heavy atom. The molecule has 0 radical (unpaired) electrons. The number of Topliss-reactive ketones (excluding diaryl/α,β-unsaturated/α-hetero) is 1. The Kier molecular flexibility index (Phi) is 4.45. The predicted molar refractivity (Wildman–Crippen MR) is 101 cm³/mol. The maximum atomic E-state index is 12.5. The highest BCUT2D eigenvalue weighted by Crippen LogP contribution is 2.42. The molecule has 2 aliphatic rings. The molecule has 3 heteroatoms. The van der Waals surface area contributed by atoms with Gasteiger partial charge in [0.2, 0.25) is 0 Å². The molecule has 0 bridgehead atoms. The summed E-state index contributed by atoms with van der Waals surface area (Å²) in [7, 11) is 2.26. The van der Waals surface area contributed by atoms with E-state index in [0.717, 1.165) is 44.5 Å². The molecule has 2 aromatic carbocycles. The van der Waals surface area contributed by atoms with Crippen LogP contribution in [0.3, 0.4) is 0 Å². The van der Waals surface area contributed by atoms with Gasteiger partial charge < -0.3 is 0 Å². The van der Waals surface area contributed by atoms with Gasteiger partial charge in [-0.3, -0.25) is 14.6 Å². The lowest BCUT2D eigenvalue weighted by Gasteiger charge is -2.51. The average Bonchev–Trinajstić information content (AvgIpc) is 2.67. The number of ketones is 1. The molecule has 4 rings (SSSR count). The lowest BCUT2D eigenvalue weighted by Crippen LogP contribution is -2.55. The Balaban J connectivity index is 1.47. The molecule has 0 amide bonds. The first-order chi connectivity index (χ1) is 12.2. The van der Waals surface area contributed by atoms with Crippen LogP contribution in [-0.2, 0) is 12.0 Å². The minimum absolute atomic E-state index is 0.154. The van der Waals surface area contributed by atoms with E-state index < -0.39 is 0 Å². The number of fused-ring (bicyclic) bond motifs is 2. The molecule has 1 spiro atoms. The van der Waals surface area contributed by atoms with Crippen molar-refractivity contribution in [3.05, 3.63) is 71.3 Å². The Morgan fingerprint density at radius 2 is 1.64 bits per heavy atom. The zero-order valence-electron chi connectivity index (χ0n) is 14.9. The van der Waals surface area contributed by atoms with Crippen molar-refractivity contribution in [2.75, 3.05) is 33.2 Å². The lowest BCUT2D eigenvalue weighted by molar-refractivity contribution is 0.0280. The smallest absolute Gasteiger partial charge is 0.176 e. The van der Waals surface area contributed by atoms with Crippen molar-refractivity contribution in [1.29, 1.82) is 0 Å². The highest BCUT2D eigenvalue weighted by Gasteiger charge is 2.42. The third kappa shape index (κ3) is 3.03. The second kappa shape index (κ2) is 6.74. The molecule has 0 atom stereocenters. The Morgan fingerprint density at radius 3 is 2.40 bits per heavy atom. The molecule has 1 fully saturated rings. The standard InChI is InChI=1S/C22H26N2O/c1-23-14-11-18-7-5-6-10-20(18)22(23)12-15-24(16-13-22)17-21(25)19-8-3-2-4-9-19/h2-10H,11-17H2,1H3. The van der Waals surface area contributed by atoms with Crippen molar-refractivity contribution in [3.63, 3.8) is 0 Å². The number of nitrogens with zero attached hydrogens (tertiary/aromatic N) is 2. The molecule has 0 saturated carbocycles. The number of carbonyl (C=O) groups excluding carboxylic acids is 1. The van der Waals surface area contributed by atoms with Crippen molar-refractivity contribution in [2.24, 2.45) is 0 Å². The van der Waals surface area contributed by atoms with E-state index in [1.54, 1.807) is 0 Å². The fourth-order valence-electron chi connectivity index (χ4n) is 4.55. The number of likely N-dealkylation sites (N-methyl/N-ethyl adjacent to an activating group) is 1. The van der Waals surface area contributed by atoms with E-state index in [-0.39, 0.29) is 11.3 Å². The third-order valence-electron chi connectivity index (χ3n) is 6.11. The number of piperidine rings is 1. The second-order valence-electron chi connectivity index (χ2n) is 7.43. The highest BCUT2D eigenvalue weighted by atomic mass is 16.1. The molecule has 25 heavy (non-hydrogen) atoms. The molecule has 3 nitrogen and oxygen atoms in total. The van der Waals surface area contributed by atoms with E-state index in [4.69, 9.17) is 0 Å². The van der Waals surface area contributed by atoms with Crippen LogP contribution in [0.2, 0.25) is 0 Å². The first kappa shape index (κ1) is 16.5. The molecule has 2 aromatic rings. The van der Waals surface area contributed by atoms with Gasteiger partial charge in [-0.2, -0.15) is 0 Å². The average molecular weight is 334 g/mol. The summed E-state index contributed by atoms with van der Waals surface area (Å²) < 4.78 is 0. The van der Waals surface area contributed by atoms with E-state index in [0.29, 0.717) is 6.54 Å². The van der Waals surface area contributed by atoms with Crippen LogP contribution < -0.4 is 0 Å². The number of likely N-dealkylation sites (tertiary alicyclic amines) is 1. The van der Waals surface area contributed by atoms with Gasteiger partial charge in [-0.1, -0.05) is 54.6 Å². The van der Waals surface area contributed by atoms with E-state index >= 15 is 0 Å². The number of carbonyl (C=O) groups is 1. The quantitative estimate of drug-likeness (QED) is 0.804. The van der Waals surface area contributed by atoms with Crippen LogP contribution >= 0.6 is 0 Å². The van der Waals surface area contributed by atoms with Gasteiger partial charge >= 0.3 is 0 Å². The van der Waals surface area contributed by atoms with Gasteiger partial charge in [-0.05, 0) is 37.4 Å². The van der Waals surface area contributed by atoms with Crippen LogP contribution in [0.25, 0.3) is 0 Å². The number of rotatable bonds is 3. The van der Waals surface area contributed by atoms with Gasteiger partial charge in [-0.25, -0.2) is 0 Å². The van der Waals surface area contributed by atoms with Crippen LogP contribution in [0.4, 0.5) is 0 Å². The molecule has 0 aromatic heterocycles. The van der Waals surface area contributed by atoms with Crippen molar-refractivity contribution < 1.29 is 4.79 Å². The van der Waals surface area contributed by atoms with E-state index in [1.165, 1.54) is 11.1 Å². The maximum absolute atomic E-state index is 12.5. The molecular formula is C22H26N2O. The largest absolute Gasteiger partial charge is 0.296 e. The fourth-order valence-corrected chi connectivity index (χ4v) is 4.55. The SMILES string of the molecule is CN1CCc2ccccc2C12CCN(CC(=O)c1ccccc1)CC2. The molecular weight excluding hydrogens is 308 g/mol. The summed E-state index contributed by atoms with van der Waals surface area (Å²) in [5.74, 6) is 0.231. The van der Waals surface area contributed by atoms with Crippen LogP contribution in [0.15, 0.2) is 54.6 Å². The van der Waals surface area contributed by atoms with E-state index in [1.807, 2.05) is 30.3 Å². The normalized spacial score (nSPS) is 20.4. The zero-order chi connectivity index (χ0) is 17.3. The minimum atomic E-state index is 0.154. The number of hydrogen-bond donors (Lipinski definition) is 0. The fraction of sp³-hybridized carbons (Fsp3) is 0.409. The summed E-state index contributed by atoms with van der Waals surface area (Å²) in [6.07, 6.45) is 3.34. The Labute approximate surface area is 150 Å². The number of hydrogen-bond acceptors (Lipinski definition) is 3. The Hall–Kier alpha value is -1.97. The second-order valence-corrected chi connectivity index (χ2v) is 7.43. The van der Waals surface area contributed by atoms with Crippen molar-refractivity contribution >= 4 is 5.78 Å². The first-order valence-electron chi connectivity index (χ1n) is 9.29. The number of benzene rings is 2. The molecule has 0 N–H and O–H groups in total. The van der Waals surface area contributed by atoms with Gasteiger partial charge in [0.1, 0.15) is 0 Å². The molecule has 2 heterocycles. The van der Waals surface area contributed by atoms with Gasteiger partial charge in [0.15, 0.2) is 5.78 Å². The summed E-state index contributed by atoms with van der Waals surface area (Å²) in [6, 6.07) is 18.6. The van der Waals surface area contributed by atoms with Crippen molar-refractivity contribution in [2.45, 2.75) is 24.8 Å². The molecule has 0 unspecified atom stereocenters. The van der Waals surface area contributed by atoms with Gasteiger partial charge in [0, 0.05) is 30.7 Å². The summed E-state index contributed by atoms with van der Waals surface area (Å²) >= 11 is 0. The van der Waals surface area contributed by atoms with Crippen LogP contribution in [0, 0.1) is 0 Å².